The zero-order valence-corrected chi connectivity index (χ0v) is 15.0. The molecule has 26 heavy (non-hydrogen) atoms. The largest absolute Gasteiger partial charge is 0.356 e. The van der Waals surface area contributed by atoms with Crippen LogP contribution >= 0.6 is 23.1 Å². The van der Waals surface area contributed by atoms with E-state index in [4.69, 9.17) is 0 Å². The van der Waals surface area contributed by atoms with Crippen molar-refractivity contribution in [2.45, 2.75) is 10.9 Å². The number of benzene rings is 2. The van der Waals surface area contributed by atoms with Gasteiger partial charge in [0.1, 0.15) is 0 Å². The molecule has 0 bridgehead atoms. The lowest BCUT2D eigenvalue weighted by atomic mass is 10.2. The molecule has 0 saturated carbocycles. The van der Waals surface area contributed by atoms with Crippen LogP contribution in [0.1, 0.15) is 5.56 Å². The summed E-state index contributed by atoms with van der Waals surface area (Å²) < 4.78 is 26.6. The molecular formula is C17H14F2N4OS2. The summed E-state index contributed by atoms with van der Waals surface area (Å²) >= 11 is 2.57. The summed E-state index contributed by atoms with van der Waals surface area (Å²) in [5, 5.41) is 14.4. The molecule has 1 aromatic heterocycles. The number of thioether (sulfide) groups is 1. The van der Waals surface area contributed by atoms with Crippen molar-refractivity contribution in [1.29, 1.82) is 0 Å². The summed E-state index contributed by atoms with van der Waals surface area (Å²) in [6.07, 6.45) is 0. The van der Waals surface area contributed by atoms with E-state index in [2.05, 4.69) is 20.8 Å². The van der Waals surface area contributed by atoms with Gasteiger partial charge in [0.2, 0.25) is 11.0 Å². The second-order valence-electron chi connectivity index (χ2n) is 5.18. The second kappa shape index (κ2) is 8.72. The van der Waals surface area contributed by atoms with Gasteiger partial charge in [0.15, 0.2) is 16.0 Å². The molecule has 1 heterocycles. The number of aromatic nitrogens is 2. The van der Waals surface area contributed by atoms with E-state index in [0.29, 0.717) is 16.0 Å². The number of halogens is 2. The fourth-order valence-electron chi connectivity index (χ4n) is 2.01. The molecule has 0 saturated heterocycles. The molecule has 3 aromatic rings. The molecule has 0 aliphatic rings. The maximum Gasteiger partial charge on any atom is 0.234 e. The van der Waals surface area contributed by atoms with Gasteiger partial charge in [0, 0.05) is 18.3 Å². The minimum absolute atomic E-state index is 0.0896. The molecule has 0 radical (unpaired) electrons. The zero-order valence-electron chi connectivity index (χ0n) is 13.4. The molecule has 0 atom stereocenters. The molecule has 9 heteroatoms. The van der Waals surface area contributed by atoms with Crippen molar-refractivity contribution in [2.24, 2.45) is 0 Å². The van der Waals surface area contributed by atoms with Gasteiger partial charge in [-0.3, -0.25) is 4.79 Å². The SMILES string of the molecule is O=C(CSc1nnc(NCc2ccccc2)s1)Nc1ccc(F)c(F)c1. The van der Waals surface area contributed by atoms with Crippen LogP contribution in [0.5, 0.6) is 0 Å². The Morgan fingerprint density at radius 2 is 1.88 bits per heavy atom. The molecule has 2 aromatic carbocycles. The zero-order chi connectivity index (χ0) is 18.4. The van der Waals surface area contributed by atoms with Gasteiger partial charge in [-0.05, 0) is 17.7 Å². The van der Waals surface area contributed by atoms with Gasteiger partial charge in [-0.25, -0.2) is 8.78 Å². The van der Waals surface area contributed by atoms with Crippen molar-refractivity contribution in [3.8, 4) is 0 Å². The predicted octanol–water partition coefficient (Wildman–Crippen LogP) is 4.16. The third-order valence-electron chi connectivity index (χ3n) is 3.22. The Balaban J connectivity index is 1.46. The van der Waals surface area contributed by atoms with Crippen LogP contribution in [0.25, 0.3) is 0 Å². The topological polar surface area (TPSA) is 66.9 Å². The Morgan fingerprint density at radius 1 is 1.08 bits per heavy atom. The van der Waals surface area contributed by atoms with Crippen LogP contribution in [0, 0.1) is 11.6 Å². The fourth-order valence-corrected chi connectivity index (χ4v) is 3.56. The molecule has 0 aliphatic heterocycles. The molecule has 2 N–H and O–H groups in total. The second-order valence-corrected chi connectivity index (χ2v) is 7.38. The maximum absolute atomic E-state index is 13.1. The highest BCUT2D eigenvalue weighted by Gasteiger charge is 2.10. The molecule has 0 aliphatic carbocycles. The van der Waals surface area contributed by atoms with E-state index in [1.807, 2.05) is 30.3 Å². The van der Waals surface area contributed by atoms with Crippen LogP contribution in [0.2, 0.25) is 0 Å². The van der Waals surface area contributed by atoms with E-state index >= 15 is 0 Å². The number of amides is 1. The molecule has 1 amide bonds. The quantitative estimate of drug-likeness (QED) is 0.591. The van der Waals surface area contributed by atoms with Gasteiger partial charge >= 0.3 is 0 Å². The first-order chi connectivity index (χ1) is 12.6. The summed E-state index contributed by atoms with van der Waals surface area (Å²) in [5.41, 5.74) is 1.33. The van der Waals surface area contributed by atoms with Gasteiger partial charge in [-0.1, -0.05) is 53.4 Å². The lowest BCUT2D eigenvalue weighted by Crippen LogP contribution is -2.14. The highest BCUT2D eigenvalue weighted by molar-refractivity contribution is 8.01. The predicted molar refractivity (Wildman–Crippen MR) is 99.4 cm³/mol. The van der Waals surface area contributed by atoms with E-state index in [1.54, 1.807) is 0 Å². The molecule has 0 spiro atoms. The van der Waals surface area contributed by atoms with E-state index < -0.39 is 11.6 Å². The highest BCUT2D eigenvalue weighted by Crippen LogP contribution is 2.26. The summed E-state index contributed by atoms with van der Waals surface area (Å²) in [7, 11) is 0. The minimum Gasteiger partial charge on any atom is -0.356 e. The number of nitrogens with zero attached hydrogens (tertiary/aromatic N) is 2. The lowest BCUT2D eigenvalue weighted by molar-refractivity contribution is -0.113. The van der Waals surface area contributed by atoms with Gasteiger partial charge in [0.25, 0.3) is 0 Å². The van der Waals surface area contributed by atoms with Gasteiger partial charge in [-0.15, -0.1) is 10.2 Å². The van der Waals surface area contributed by atoms with Crippen LogP contribution in [0.4, 0.5) is 19.6 Å². The molecular weight excluding hydrogens is 378 g/mol. The smallest absolute Gasteiger partial charge is 0.234 e. The van der Waals surface area contributed by atoms with Gasteiger partial charge in [0.05, 0.1) is 5.75 Å². The Labute approximate surface area is 156 Å². The molecule has 0 unspecified atom stereocenters. The number of rotatable bonds is 7. The summed E-state index contributed by atoms with van der Waals surface area (Å²) in [5.74, 6) is -2.21. The molecule has 134 valence electrons. The van der Waals surface area contributed by atoms with Crippen molar-refractivity contribution in [3.05, 3.63) is 65.7 Å². The Morgan fingerprint density at radius 3 is 2.65 bits per heavy atom. The standard InChI is InChI=1S/C17H14F2N4OS2/c18-13-7-6-12(8-14(13)19)21-15(24)10-25-17-23-22-16(26-17)20-9-11-4-2-1-3-5-11/h1-8H,9-10H2,(H,20,22)(H,21,24). The van der Waals surface area contributed by atoms with Crippen LogP contribution in [0.15, 0.2) is 52.9 Å². The summed E-state index contributed by atoms with van der Waals surface area (Å²) in [4.78, 5) is 11.9. The first-order valence-corrected chi connectivity index (χ1v) is 9.39. The number of hydrogen-bond acceptors (Lipinski definition) is 6. The molecule has 5 nitrogen and oxygen atoms in total. The minimum atomic E-state index is -1.01. The molecule has 3 rings (SSSR count). The summed E-state index contributed by atoms with van der Waals surface area (Å²) in [6.45, 7) is 0.636. The molecule has 0 fully saturated rings. The monoisotopic (exact) mass is 392 g/mol. The Hall–Kier alpha value is -2.52. The van der Waals surface area contributed by atoms with Crippen LogP contribution in [-0.2, 0) is 11.3 Å². The van der Waals surface area contributed by atoms with Gasteiger partial charge in [-0.2, -0.15) is 0 Å². The summed E-state index contributed by atoms with van der Waals surface area (Å²) in [6, 6.07) is 13.1. The van der Waals surface area contributed by atoms with Crippen molar-refractivity contribution in [2.75, 3.05) is 16.4 Å². The number of anilines is 2. The first-order valence-electron chi connectivity index (χ1n) is 7.59. The van der Waals surface area contributed by atoms with Crippen molar-refractivity contribution >= 4 is 39.8 Å². The van der Waals surface area contributed by atoms with Crippen molar-refractivity contribution in [1.82, 2.24) is 10.2 Å². The normalized spacial score (nSPS) is 10.5. The van der Waals surface area contributed by atoms with E-state index in [-0.39, 0.29) is 17.3 Å². The van der Waals surface area contributed by atoms with E-state index in [9.17, 15) is 13.6 Å². The van der Waals surface area contributed by atoms with Crippen LogP contribution in [0.3, 0.4) is 0 Å². The third-order valence-corrected chi connectivity index (χ3v) is 5.24. The van der Waals surface area contributed by atoms with Crippen molar-refractivity contribution in [3.63, 3.8) is 0 Å². The van der Waals surface area contributed by atoms with Crippen LogP contribution < -0.4 is 10.6 Å². The van der Waals surface area contributed by atoms with Gasteiger partial charge < -0.3 is 10.6 Å². The fraction of sp³-hybridized carbons (Fsp3) is 0.118. The third kappa shape index (κ3) is 5.24. The van der Waals surface area contributed by atoms with E-state index in [0.717, 1.165) is 17.7 Å². The van der Waals surface area contributed by atoms with Crippen LogP contribution in [-0.4, -0.2) is 21.9 Å². The first kappa shape index (κ1) is 18.3. The van der Waals surface area contributed by atoms with E-state index in [1.165, 1.54) is 29.2 Å². The average Bonchev–Trinajstić information content (AvgIpc) is 3.10. The Kier molecular flexibility index (Phi) is 6.13. The highest BCUT2D eigenvalue weighted by atomic mass is 32.2. The van der Waals surface area contributed by atoms with Crippen molar-refractivity contribution < 1.29 is 13.6 Å². The number of nitrogens with one attached hydrogen (secondary N) is 2. The Bertz CT molecular complexity index is 889. The number of carbonyl (C=O) groups is 1. The maximum atomic E-state index is 13.1. The lowest BCUT2D eigenvalue weighted by Gasteiger charge is -2.04. The average molecular weight is 392 g/mol. The number of hydrogen-bond donors (Lipinski definition) is 2. The number of carbonyl (C=O) groups excluding carboxylic acids is 1.